The van der Waals surface area contributed by atoms with Crippen molar-refractivity contribution in [2.24, 2.45) is 0 Å². The fraction of sp³-hybridized carbons (Fsp3) is 1.00. The molecule has 0 spiro atoms. The molecule has 0 saturated heterocycles. The van der Waals surface area contributed by atoms with E-state index in [2.05, 4.69) is 0 Å². The zero-order valence-corrected chi connectivity index (χ0v) is 8.85. The first-order valence-electron chi connectivity index (χ1n) is 3.54. The normalized spacial score (nSPS) is 9.82. The van der Waals surface area contributed by atoms with Crippen LogP contribution in [0.2, 0.25) is 0 Å². The average Bonchev–Trinajstić information content (AvgIpc) is 1.90. The van der Waals surface area contributed by atoms with Crippen LogP contribution in [0.15, 0.2) is 0 Å². The van der Waals surface area contributed by atoms with E-state index in [4.69, 9.17) is 14.5 Å². The Morgan fingerprint density at radius 1 is 0.818 bits per heavy atom. The Labute approximate surface area is 82.5 Å². The maximum absolute atomic E-state index is 4.91. The van der Waals surface area contributed by atoms with Gasteiger partial charge in [0.1, 0.15) is 0 Å². The largest absolute Gasteiger partial charge is 0.251 e. The van der Waals surface area contributed by atoms with E-state index in [9.17, 15) is 0 Å². The molecular formula is C6H15NO3Ti. The van der Waals surface area contributed by atoms with Crippen LogP contribution in [0.1, 0.15) is 20.8 Å². The molecule has 66 valence electrons. The molecular weight excluding hydrogens is 182 g/mol. The van der Waals surface area contributed by atoms with E-state index in [0.717, 1.165) is 5.39 Å². The van der Waals surface area contributed by atoms with Gasteiger partial charge in [-0.1, -0.05) is 0 Å². The van der Waals surface area contributed by atoms with Gasteiger partial charge in [0.05, 0.1) is 25.2 Å². The molecule has 0 radical (unpaired) electrons. The van der Waals surface area contributed by atoms with E-state index in [1.54, 1.807) is 0 Å². The van der Waals surface area contributed by atoms with E-state index in [-0.39, 0.29) is 21.7 Å². The van der Waals surface area contributed by atoms with Gasteiger partial charge >= 0.3 is 0 Å². The van der Waals surface area contributed by atoms with Crippen molar-refractivity contribution in [2.75, 3.05) is 19.8 Å². The van der Waals surface area contributed by atoms with Crippen LogP contribution >= 0.6 is 0 Å². The Balaban J connectivity index is 0. The van der Waals surface area contributed by atoms with Crippen molar-refractivity contribution in [3.63, 3.8) is 0 Å². The summed E-state index contributed by atoms with van der Waals surface area (Å²) < 4.78 is 0. The van der Waals surface area contributed by atoms with Gasteiger partial charge in [-0.05, 0) is 20.8 Å². The quantitative estimate of drug-likeness (QED) is 0.472. The van der Waals surface area contributed by atoms with Crippen molar-refractivity contribution >= 4 is 0 Å². The molecule has 0 aliphatic rings. The van der Waals surface area contributed by atoms with Crippen LogP contribution in [0.4, 0.5) is 0 Å². The third-order valence-electron chi connectivity index (χ3n) is 0.704. The summed E-state index contributed by atoms with van der Waals surface area (Å²) in [4.78, 5) is 14.7. The first kappa shape index (κ1) is 14.1. The summed E-state index contributed by atoms with van der Waals surface area (Å²) in [6, 6.07) is 0. The van der Waals surface area contributed by atoms with Crippen molar-refractivity contribution in [1.29, 1.82) is 0 Å². The standard InChI is InChI=1S/C6H15NO3.Ti/c1-4-8-7(9-5-2)10-6-3;/h4-6H2,1-3H3;. The van der Waals surface area contributed by atoms with E-state index in [1.165, 1.54) is 0 Å². The minimum absolute atomic E-state index is 0. The van der Waals surface area contributed by atoms with Crippen molar-refractivity contribution in [2.45, 2.75) is 20.8 Å². The Kier molecular flexibility index (Phi) is 13.5. The van der Waals surface area contributed by atoms with Crippen molar-refractivity contribution in [1.82, 2.24) is 5.39 Å². The minimum Gasteiger partial charge on any atom is -0.251 e. The van der Waals surface area contributed by atoms with E-state index < -0.39 is 0 Å². The fourth-order valence-corrected chi connectivity index (χ4v) is 0.428. The summed E-state index contributed by atoms with van der Waals surface area (Å²) >= 11 is 0. The van der Waals surface area contributed by atoms with Gasteiger partial charge in [-0.15, -0.1) is 0 Å². The molecule has 0 aliphatic carbocycles. The number of hydrogen-bond acceptors (Lipinski definition) is 4. The molecule has 5 heteroatoms. The van der Waals surface area contributed by atoms with Crippen molar-refractivity contribution in [3.8, 4) is 0 Å². The average molecular weight is 197 g/mol. The Morgan fingerprint density at radius 2 is 1.09 bits per heavy atom. The van der Waals surface area contributed by atoms with Gasteiger partial charge in [0, 0.05) is 21.7 Å². The molecule has 0 N–H and O–H groups in total. The molecule has 0 aromatic heterocycles. The monoisotopic (exact) mass is 197 g/mol. The van der Waals surface area contributed by atoms with Crippen molar-refractivity contribution < 1.29 is 36.2 Å². The first-order valence-corrected chi connectivity index (χ1v) is 3.54. The maximum Gasteiger partial charge on any atom is 0.0766 e. The summed E-state index contributed by atoms with van der Waals surface area (Å²) in [5, 5.41) is 1.04. The molecule has 0 atom stereocenters. The molecule has 4 nitrogen and oxygen atoms in total. The summed E-state index contributed by atoms with van der Waals surface area (Å²) in [5.74, 6) is 0. The summed E-state index contributed by atoms with van der Waals surface area (Å²) in [6.45, 7) is 7.22. The van der Waals surface area contributed by atoms with Gasteiger partial charge in [-0.3, -0.25) is 14.5 Å². The van der Waals surface area contributed by atoms with Crippen LogP contribution in [0.5, 0.6) is 0 Å². The smallest absolute Gasteiger partial charge is 0.0766 e. The van der Waals surface area contributed by atoms with Crippen LogP contribution in [-0.4, -0.2) is 25.2 Å². The second kappa shape index (κ2) is 10.6. The van der Waals surface area contributed by atoms with Gasteiger partial charge in [-0.2, -0.15) is 0 Å². The Bertz CT molecular complexity index is 60.6. The third kappa shape index (κ3) is 8.46. The second-order valence-electron chi connectivity index (χ2n) is 1.48. The molecule has 0 aromatic carbocycles. The van der Waals surface area contributed by atoms with E-state index in [0.29, 0.717) is 19.8 Å². The summed E-state index contributed by atoms with van der Waals surface area (Å²) in [7, 11) is 0. The van der Waals surface area contributed by atoms with Gasteiger partial charge in [0.2, 0.25) is 0 Å². The minimum atomic E-state index is 0. The number of nitrogens with zero attached hydrogens (tertiary/aromatic N) is 1. The zero-order valence-electron chi connectivity index (χ0n) is 7.29. The predicted molar refractivity (Wildman–Crippen MR) is 36.7 cm³/mol. The molecule has 0 unspecified atom stereocenters. The molecule has 0 heterocycles. The van der Waals surface area contributed by atoms with Crippen LogP contribution in [0.25, 0.3) is 0 Å². The maximum atomic E-state index is 4.91. The first-order chi connectivity index (χ1) is 4.85. The SMILES string of the molecule is CCON(OCC)OCC.[Ti]. The van der Waals surface area contributed by atoms with Gasteiger partial charge in [0.25, 0.3) is 0 Å². The van der Waals surface area contributed by atoms with Crippen molar-refractivity contribution in [3.05, 3.63) is 0 Å². The molecule has 0 aromatic rings. The molecule has 11 heavy (non-hydrogen) atoms. The number of hydrogen-bond donors (Lipinski definition) is 0. The molecule has 0 amide bonds. The van der Waals surface area contributed by atoms with Crippen LogP contribution in [0, 0.1) is 0 Å². The van der Waals surface area contributed by atoms with Gasteiger partial charge in [-0.25, -0.2) is 0 Å². The predicted octanol–water partition coefficient (Wildman–Crippen LogP) is 1.14. The number of rotatable bonds is 6. The van der Waals surface area contributed by atoms with Crippen LogP contribution in [0.3, 0.4) is 0 Å². The van der Waals surface area contributed by atoms with Crippen LogP contribution < -0.4 is 0 Å². The molecule has 0 rings (SSSR count). The van der Waals surface area contributed by atoms with Gasteiger partial charge < -0.3 is 0 Å². The fourth-order valence-electron chi connectivity index (χ4n) is 0.428. The molecule has 0 saturated carbocycles. The Morgan fingerprint density at radius 3 is 1.27 bits per heavy atom. The topological polar surface area (TPSA) is 30.9 Å². The van der Waals surface area contributed by atoms with Gasteiger partial charge in [0.15, 0.2) is 0 Å². The van der Waals surface area contributed by atoms with E-state index >= 15 is 0 Å². The summed E-state index contributed by atoms with van der Waals surface area (Å²) in [5.41, 5.74) is 0. The van der Waals surface area contributed by atoms with E-state index in [1.807, 2.05) is 20.8 Å². The molecule has 0 bridgehead atoms. The molecule has 0 fully saturated rings. The van der Waals surface area contributed by atoms with Crippen LogP contribution in [-0.2, 0) is 36.2 Å². The summed E-state index contributed by atoms with van der Waals surface area (Å²) in [6.07, 6.45) is 0. The Hall–Kier alpha value is 0.554. The zero-order chi connectivity index (χ0) is 7.82. The second-order valence-corrected chi connectivity index (χ2v) is 1.48. The third-order valence-corrected chi connectivity index (χ3v) is 0.704. The molecule has 0 aliphatic heterocycles.